The number of halogens is 1. The highest BCUT2D eigenvalue weighted by Crippen LogP contribution is 2.39. The van der Waals surface area contributed by atoms with E-state index in [1.54, 1.807) is 16.8 Å². The van der Waals surface area contributed by atoms with E-state index in [0.717, 1.165) is 29.9 Å². The Morgan fingerprint density at radius 2 is 1.75 bits per heavy atom. The van der Waals surface area contributed by atoms with Crippen molar-refractivity contribution in [3.63, 3.8) is 0 Å². The van der Waals surface area contributed by atoms with Gasteiger partial charge >= 0.3 is 0 Å². The van der Waals surface area contributed by atoms with E-state index in [9.17, 15) is 9.18 Å². The first kappa shape index (κ1) is 18.4. The van der Waals surface area contributed by atoms with Gasteiger partial charge in [0.1, 0.15) is 5.82 Å². The Hall–Kier alpha value is -2.95. The summed E-state index contributed by atoms with van der Waals surface area (Å²) in [5, 5.41) is 8.02. The van der Waals surface area contributed by atoms with Gasteiger partial charge in [-0.3, -0.25) is 4.79 Å². The number of ketones is 1. The highest BCUT2D eigenvalue weighted by Gasteiger charge is 2.36. The van der Waals surface area contributed by atoms with E-state index in [-0.39, 0.29) is 17.0 Å². The summed E-state index contributed by atoms with van der Waals surface area (Å²) in [5.74, 6) is 0.354. The van der Waals surface area contributed by atoms with E-state index in [1.165, 1.54) is 17.7 Å². The number of Topliss-reactive ketones (excluding diaryl/α,β-unsaturated/α-hetero) is 1. The molecule has 0 saturated heterocycles. The second-order valence-electron chi connectivity index (χ2n) is 8.17. The zero-order valence-electron chi connectivity index (χ0n) is 16.4. The number of nitrogens with zero attached hydrogens (tertiary/aromatic N) is 2. The molecule has 0 amide bonds. The number of carbonyl (C=O) groups is 1. The zero-order chi connectivity index (χ0) is 19.9. The molecule has 0 saturated carbocycles. The van der Waals surface area contributed by atoms with Crippen molar-refractivity contribution in [2.75, 3.05) is 5.32 Å². The molecule has 3 aromatic rings. The summed E-state index contributed by atoms with van der Waals surface area (Å²) < 4.78 is 15.2. The van der Waals surface area contributed by atoms with Gasteiger partial charge in [-0.1, -0.05) is 32.9 Å². The fourth-order valence-electron chi connectivity index (χ4n) is 3.79. The number of rotatable bonds is 4. The van der Waals surface area contributed by atoms with Gasteiger partial charge in [-0.05, 0) is 60.2 Å². The molecule has 0 radical (unpaired) electrons. The highest BCUT2D eigenvalue weighted by molar-refractivity contribution is 6.03. The van der Waals surface area contributed by atoms with Crippen LogP contribution in [0.25, 0.3) is 5.69 Å². The maximum Gasteiger partial charge on any atom is 0.169 e. The van der Waals surface area contributed by atoms with Crippen molar-refractivity contribution in [3.05, 3.63) is 71.2 Å². The predicted molar refractivity (Wildman–Crippen MR) is 109 cm³/mol. The molecule has 28 heavy (non-hydrogen) atoms. The Morgan fingerprint density at radius 1 is 1.07 bits per heavy atom. The smallest absolute Gasteiger partial charge is 0.169 e. The molecular weight excluding hydrogens is 353 g/mol. The van der Waals surface area contributed by atoms with E-state index in [0.29, 0.717) is 17.8 Å². The summed E-state index contributed by atoms with van der Waals surface area (Å²) in [7, 11) is 0. The number of carbonyl (C=O) groups excluding carboxylic acids is 1. The Balaban J connectivity index is 1.80. The molecule has 0 atom stereocenters. The van der Waals surface area contributed by atoms with Gasteiger partial charge in [0, 0.05) is 12.1 Å². The Bertz CT molecular complexity index is 1020. The van der Waals surface area contributed by atoms with Gasteiger partial charge in [0.25, 0.3) is 0 Å². The minimum absolute atomic E-state index is 0.0901. The quantitative estimate of drug-likeness (QED) is 0.655. The van der Waals surface area contributed by atoms with Gasteiger partial charge in [-0.25, -0.2) is 9.07 Å². The SMILES string of the molecule is CCc1ccc(Nc2nn(-c3ccc(F)cc3)c3c2C(=O)CC(C)(C)C3)cc1. The zero-order valence-corrected chi connectivity index (χ0v) is 16.4. The summed E-state index contributed by atoms with van der Waals surface area (Å²) in [6.45, 7) is 6.29. The Morgan fingerprint density at radius 3 is 2.39 bits per heavy atom. The second kappa shape index (κ2) is 6.89. The predicted octanol–water partition coefficient (Wildman–Crippen LogP) is 5.47. The summed E-state index contributed by atoms with van der Waals surface area (Å²) in [5.41, 5.74) is 4.27. The van der Waals surface area contributed by atoms with Crippen LogP contribution >= 0.6 is 0 Å². The van der Waals surface area contributed by atoms with E-state index in [2.05, 4.69) is 38.2 Å². The molecule has 1 heterocycles. The van der Waals surface area contributed by atoms with Crippen LogP contribution in [0.5, 0.6) is 0 Å². The lowest BCUT2D eigenvalue weighted by Crippen LogP contribution is -2.28. The van der Waals surface area contributed by atoms with Crippen molar-refractivity contribution < 1.29 is 9.18 Å². The van der Waals surface area contributed by atoms with Gasteiger partial charge in [-0.15, -0.1) is 5.10 Å². The van der Waals surface area contributed by atoms with Crippen LogP contribution < -0.4 is 5.32 Å². The number of anilines is 2. The molecule has 0 bridgehead atoms. The number of aromatic nitrogens is 2. The molecule has 144 valence electrons. The molecule has 1 aliphatic carbocycles. The maximum atomic E-state index is 13.4. The number of nitrogens with one attached hydrogen (secondary N) is 1. The van der Waals surface area contributed by atoms with E-state index >= 15 is 0 Å². The highest BCUT2D eigenvalue weighted by atomic mass is 19.1. The largest absolute Gasteiger partial charge is 0.338 e. The first-order valence-corrected chi connectivity index (χ1v) is 9.63. The molecule has 2 aromatic carbocycles. The van der Waals surface area contributed by atoms with Gasteiger partial charge in [-0.2, -0.15) is 0 Å². The summed E-state index contributed by atoms with van der Waals surface area (Å²) in [4.78, 5) is 13.0. The standard InChI is InChI=1S/C23H24FN3O/c1-4-15-5-9-17(10-6-15)25-22-21-19(13-23(2,3)14-20(21)28)27(26-22)18-11-7-16(24)8-12-18/h5-12H,4,13-14H2,1-3H3,(H,25,26). The summed E-state index contributed by atoms with van der Waals surface area (Å²) in [6.07, 6.45) is 2.19. The number of benzene rings is 2. The maximum absolute atomic E-state index is 13.4. The first-order valence-electron chi connectivity index (χ1n) is 9.63. The molecule has 4 rings (SSSR count). The van der Waals surface area contributed by atoms with E-state index in [4.69, 9.17) is 5.10 Å². The molecule has 0 spiro atoms. The third kappa shape index (κ3) is 3.44. The fraction of sp³-hybridized carbons (Fsp3) is 0.304. The average molecular weight is 377 g/mol. The monoisotopic (exact) mass is 377 g/mol. The van der Waals surface area contributed by atoms with Crippen LogP contribution in [0, 0.1) is 11.2 Å². The lowest BCUT2D eigenvalue weighted by molar-refractivity contribution is 0.0912. The summed E-state index contributed by atoms with van der Waals surface area (Å²) in [6, 6.07) is 14.3. The second-order valence-corrected chi connectivity index (χ2v) is 8.17. The Kier molecular flexibility index (Phi) is 4.53. The van der Waals surface area contributed by atoms with E-state index in [1.807, 2.05) is 12.1 Å². The minimum Gasteiger partial charge on any atom is -0.338 e. The fourth-order valence-corrected chi connectivity index (χ4v) is 3.79. The number of hydrogen-bond donors (Lipinski definition) is 1. The van der Waals surface area contributed by atoms with Crippen molar-refractivity contribution >= 4 is 17.3 Å². The van der Waals surface area contributed by atoms with Crippen LogP contribution in [0.3, 0.4) is 0 Å². The van der Waals surface area contributed by atoms with Crippen LogP contribution in [0.15, 0.2) is 48.5 Å². The first-order chi connectivity index (χ1) is 13.4. The molecule has 0 unspecified atom stereocenters. The molecule has 1 N–H and O–H groups in total. The van der Waals surface area contributed by atoms with Crippen molar-refractivity contribution in [2.24, 2.45) is 5.41 Å². The topological polar surface area (TPSA) is 46.9 Å². The van der Waals surface area contributed by atoms with Crippen LogP contribution in [0.4, 0.5) is 15.9 Å². The van der Waals surface area contributed by atoms with Crippen molar-refractivity contribution in [1.82, 2.24) is 9.78 Å². The molecule has 5 heteroatoms. The van der Waals surface area contributed by atoms with Crippen LogP contribution in [0.2, 0.25) is 0 Å². The molecule has 0 aliphatic heterocycles. The lowest BCUT2D eigenvalue weighted by Gasteiger charge is -2.29. The lowest BCUT2D eigenvalue weighted by atomic mass is 9.76. The van der Waals surface area contributed by atoms with Gasteiger partial charge in [0.05, 0.1) is 16.9 Å². The van der Waals surface area contributed by atoms with Crippen LogP contribution in [0.1, 0.15) is 48.8 Å². The third-order valence-corrected chi connectivity index (χ3v) is 5.24. The molecule has 1 aromatic heterocycles. The molecule has 1 aliphatic rings. The van der Waals surface area contributed by atoms with Gasteiger partial charge in [0.2, 0.25) is 0 Å². The average Bonchev–Trinajstić information content (AvgIpc) is 3.00. The third-order valence-electron chi connectivity index (χ3n) is 5.24. The van der Waals surface area contributed by atoms with Crippen molar-refractivity contribution in [1.29, 1.82) is 0 Å². The number of fused-ring (bicyclic) bond motifs is 1. The van der Waals surface area contributed by atoms with Crippen molar-refractivity contribution in [2.45, 2.75) is 40.0 Å². The molecule has 4 nitrogen and oxygen atoms in total. The van der Waals surface area contributed by atoms with Gasteiger partial charge in [0.15, 0.2) is 11.6 Å². The van der Waals surface area contributed by atoms with Crippen LogP contribution in [-0.2, 0) is 12.8 Å². The molecule has 0 fully saturated rings. The van der Waals surface area contributed by atoms with Crippen molar-refractivity contribution in [3.8, 4) is 5.69 Å². The number of aryl methyl sites for hydroxylation is 1. The van der Waals surface area contributed by atoms with E-state index < -0.39 is 0 Å². The van der Waals surface area contributed by atoms with Gasteiger partial charge < -0.3 is 5.32 Å². The van der Waals surface area contributed by atoms with Crippen LogP contribution in [-0.4, -0.2) is 15.6 Å². The normalized spacial score (nSPS) is 15.4. The Labute approximate surface area is 164 Å². The summed E-state index contributed by atoms with van der Waals surface area (Å²) >= 11 is 0. The molecular formula is C23H24FN3O. The number of hydrogen-bond acceptors (Lipinski definition) is 3. The minimum atomic E-state index is -0.296.